The maximum absolute atomic E-state index is 11.8. The van der Waals surface area contributed by atoms with E-state index in [1.165, 1.54) is 6.07 Å². The van der Waals surface area contributed by atoms with Crippen molar-refractivity contribution in [3.05, 3.63) is 21.6 Å². The number of hydrogen-bond donors (Lipinski definition) is 3. The Kier molecular flexibility index (Phi) is 6.28. The van der Waals surface area contributed by atoms with Gasteiger partial charge in [-0.15, -0.1) is 0 Å². The van der Waals surface area contributed by atoms with Crippen molar-refractivity contribution < 1.29 is 9.90 Å². The Morgan fingerprint density at radius 1 is 1.67 bits per heavy atom. The van der Waals surface area contributed by atoms with E-state index in [9.17, 15) is 9.90 Å². The van der Waals surface area contributed by atoms with Crippen LogP contribution in [0.2, 0.25) is 5.02 Å². The lowest BCUT2D eigenvalue weighted by Crippen LogP contribution is -2.36. The predicted octanol–water partition coefficient (Wildman–Crippen LogP) is 2.83. The fourth-order valence-corrected chi connectivity index (χ4v) is 2.56. The highest BCUT2D eigenvalue weighted by Crippen LogP contribution is 2.35. The number of amides is 1. The van der Waals surface area contributed by atoms with Crippen molar-refractivity contribution in [2.24, 2.45) is 5.73 Å². The monoisotopic (exact) mass is 352 g/mol. The number of nitrogens with two attached hydrogens (primary N) is 1. The zero-order valence-corrected chi connectivity index (χ0v) is 12.9. The van der Waals surface area contributed by atoms with Gasteiger partial charge in [-0.25, -0.2) is 0 Å². The van der Waals surface area contributed by atoms with Gasteiger partial charge < -0.3 is 16.2 Å². The van der Waals surface area contributed by atoms with Gasteiger partial charge in [0, 0.05) is 5.02 Å². The quantitative estimate of drug-likeness (QED) is 0.712. The molecule has 1 aromatic carbocycles. The van der Waals surface area contributed by atoms with Gasteiger partial charge >= 0.3 is 0 Å². The molecular formula is C11H14BrClN2O2S. The Morgan fingerprint density at radius 2 is 2.33 bits per heavy atom. The number of hydrogen-bond acceptors (Lipinski definition) is 4. The molecule has 0 spiro atoms. The molecule has 18 heavy (non-hydrogen) atoms. The van der Waals surface area contributed by atoms with Crippen molar-refractivity contribution >= 4 is 50.9 Å². The van der Waals surface area contributed by atoms with Crippen LogP contribution in [0.5, 0.6) is 5.75 Å². The number of carbonyl (C=O) groups excluding carboxylic acids is 1. The van der Waals surface area contributed by atoms with E-state index in [1.807, 2.05) is 6.26 Å². The molecule has 1 aromatic rings. The number of nitrogens with one attached hydrogen (secondary N) is 1. The number of rotatable bonds is 5. The number of anilines is 1. The van der Waals surface area contributed by atoms with Crippen LogP contribution in [-0.2, 0) is 4.79 Å². The number of phenols is 1. The highest BCUT2D eigenvalue weighted by Gasteiger charge is 2.16. The van der Waals surface area contributed by atoms with Crippen LogP contribution >= 0.6 is 39.3 Å². The molecule has 0 aliphatic carbocycles. The Balaban J connectivity index is 2.75. The summed E-state index contributed by atoms with van der Waals surface area (Å²) in [7, 11) is 0. The van der Waals surface area contributed by atoms with Crippen molar-refractivity contribution in [2.45, 2.75) is 12.5 Å². The second-order valence-electron chi connectivity index (χ2n) is 3.66. The normalized spacial score (nSPS) is 12.2. The number of halogens is 2. The van der Waals surface area contributed by atoms with Crippen LogP contribution in [0.1, 0.15) is 6.42 Å². The fourth-order valence-electron chi connectivity index (χ4n) is 1.26. The van der Waals surface area contributed by atoms with E-state index in [0.717, 1.165) is 5.75 Å². The number of benzene rings is 1. The second-order valence-corrected chi connectivity index (χ2v) is 5.94. The number of thioether (sulfide) groups is 1. The van der Waals surface area contributed by atoms with Crippen LogP contribution in [0.3, 0.4) is 0 Å². The Labute approximate surface area is 123 Å². The molecule has 0 aromatic heterocycles. The molecule has 0 bridgehead atoms. The van der Waals surface area contributed by atoms with Gasteiger partial charge in [-0.3, -0.25) is 4.79 Å². The van der Waals surface area contributed by atoms with E-state index in [1.54, 1.807) is 17.8 Å². The number of carbonyl (C=O) groups is 1. The van der Waals surface area contributed by atoms with Crippen molar-refractivity contribution in [3.8, 4) is 5.75 Å². The summed E-state index contributed by atoms with van der Waals surface area (Å²) in [5.74, 6) is 0.401. The van der Waals surface area contributed by atoms with E-state index < -0.39 is 6.04 Å². The molecule has 4 nitrogen and oxygen atoms in total. The van der Waals surface area contributed by atoms with Crippen molar-refractivity contribution in [2.75, 3.05) is 17.3 Å². The lowest BCUT2D eigenvalue weighted by Gasteiger charge is -2.13. The van der Waals surface area contributed by atoms with Crippen LogP contribution in [-0.4, -0.2) is 29.1 Å². The minimum absolute atomic E-state index is 0.0650. The maximum Gasteiger partial charge on any atom is 0.241 e. The highest BCUT2D eigenvalue weighted by atomic mass is 79.9. The largest absolute Gasteiger partial charge is 0.505 e. The summed E-state index contributed by atoms with van der Waals surface area (Å²) in [4.78, 5) is 11.8. The lowest BCUT2D eigenvalue weighted by molar-refractivity contribution is -0.117. The van der Waals surface area contributed by atoms with Crippen LogP contribution in [0.15, 0.2) is 16.6 Å². The summed E-state index contributed by atoms with van der Waals surface area (Å²) in [6, 6.07) is 2.41. The summed E-state index contributed by atoms with van der Waals surface area (Å²) < 4.78 is 0.419. The first-order chi connectivity index (χ1) is 8.45. The molecule has 7 heteroatoms. The van der Waals surface area contributed by atoms with Crippen LogP contribution in [0.25, 0.3) is 0 Å². The van der Waals surface area contributed by atoms with Gasteiger partial charge in [-0.1, -0.05) is 11.6 Å². The second kappa shape index (κ2) is 7.23. The first kappa shape index (κ1) is 15.6. The van der Waals surface area contributed by atoms with Gasteiger partial charge in [-0.2, -0.15) is 11.8 Å². The molecule has 0 aliphatic heterocycles. The minimum atomic E-state index is -0.602. The first-order valence-corrected chi connectivity index (χ1v) is 7.75. The van der Waals surface area contributed by atoms with Gasteiger partial charge in [0.2, 0.25) is 5.91 Å². The zero-order valence-electron chi connectivity index (χ0n) is 9.74. The van der Waals surface area contributed by atoms with Crippen molar-refractivity contribution in [1.29, 1.82) is 0 Å². The number of aromatic hydroxyl groups is 1. The minimum Gasteiger partial charge on any atom is -0.505 e. The van der Waals surface area contributed by atoms with E-state index in [2.05, 4.69) is 21.2 Å². The molecule has 0 radical (unpaired) electrons. The van der Waals surface area contributed by atoms with Crippen LogP contribution in [0, 0.1) is 0 Å². The van der Waals surface area contributed by atoms with Gasteiger partial charge in [-0.05, 0) is 46.5 Å². The summed E-state index contributed by atoms with van der Waals surface area (Å²) in [5.41, 5.74) is 5.97. The molecule has 1 amide bonds. The van der Waals surface area contributed by atoms with Gasteiger partial charge in [0.05, 0.1) is 16.2 Å². The zero-order chi connectivity index (χ0) is 13.7. The summed E-state index contributed by atoms with van der Waals surface area (Å²) in [6.07, 6.45) is 2.53. The molecule has 100 valence electrons. The van der Waals surface area contributed by atoms with E-state index in [-0.39, 0.29) is 17.3 Å². The third kappa shape index (κ3) is 4.35. The average molecular weight is 354 g/mol. The standard InChI is InChI=1S/C11H14BrClN2O2S/c1-18-3-2-8(14)11(17)15-9-5-6(13)4-7(12)10(9)16/h4-5,8,16H,2-3,14H2,1H3,(H,15,17). The summed E-state index contributed by atoms with van der Waals surface area (Å²) in [5, 5.41) is 12.7. The molecular weight excluding hydrogens is 340 g/mol. The molecule has 1 atom stereocenters. The maximum atomic E-state index is 11.8. The Hall–Kier alpha value is -0.430. The van der Waals surface area contributed by atoms with E-state index in [0.29, 0.717) is 15.9 Å². The highest BCUT2D eigenvalue weighted by molar-refractivity contribution is 9.10. The smallest absolute Gasteiger partial charge is 0.241 e. The van der Waals surface area contributed by atoms with Crippen LogP contribution < -0.4 is 11.1 Å². The average Bonchev–Trinajstić information content (AvgIpc) is 2.32. The molecule has 0 fully saturated rings. The van der Waals surface area contributed by atoms with Crippen molar-refractivity contribution in [3.63, 3.8) is 0 Å². The van der Waals surface area contributed by atoms with E-state index >= 15 is 0 Å². The van der Waals surface area contributed by atoms with E-state index in [4.69, 9.17) is 17.3 Å². The predicted molar refractivity (Wildman–Crippen MR) is 80.4 cm³/mol. The molecule has 0 saturated heterocycles. The van der Waals surface area contributed by atoms with Crippen LogP contribution in [0.4, 0.5) is 5.69 Å². The topological polar surface area (TPSA) is 75.4 Å². The van der Waals surface area contributed by atoms with Gasteiger partial charge in [0.1, 0.15) is 0 Å². The molecule has 0 heterocycles. The van der Waals surface area contributed by atoms with Gasteiger partial charge in [0.25, 0.3) is 0 Å². The molecule has 1 rings (SSSR count). The molecule has 4 N–H and O–H groups in total. The van der Waals surface area contributed by atoms with Gasteiger partial charge in [0.15, 0.2) is 5.75 Å². The lowest BCUT2D eigenvalue weighted by atomic mass is 10.2. The molecule has 0 saturated carbocycles. The first-order valence-electron chi connectivity index (χ1n) is 5.19. The van der Waals surface area contributed by atoms with Crippen molar-refractivity contribution in [1.82, 2.24) is 0 Å². The third-order valence-corrected chi connectivity index (χ3v) is 3.72. The Morgan fingerprint density at radius 3 is 2.94 bits per heavy atom. The third-order valence-electron chi connectivity index (χ3n) is 2.26. The Bertz CT molecular complexity index is 445. The number of phenolic OH excluding ortho intramolecular Hbond substituents is 1. The SMILES string of the molecule is CSCCC(N)C(=O)Nc1cc(Cl)cc(Br)c1O. The summed E-state index contributed by atoms with van der Waals surface area (Å²) in [6.45, 7) is 0. The molecule has 1 unspecified atom stereocenters. The summed E-state index contributed by atoms with van der Waals surface area (Å²) >= 11 is 10.6. The molecule has 0 aliphatic rings. The fraction of sp³-hybridized carbons (Fsp3) is 0.364.